The zero-order valence-corrected chi connectivity index (χ0v) is 15.6. The SMILES string of the molecule is CCC(=O)N1CCc2ccc(NC(=O)c3cccc(N(C)C)c3)cc2C1. The summed E-state index contributed by atoms with van der Waals surface area (Å²) in [7, 11) is 3.90. The second kappa shape index (κ2) is 7.60. The van der Waals surface area contributed by atoms with Gasteiger partial charge in [-0.2, -0.15) is 0 Å². The van der Waals surface area contributed by atoms with E-state index in [-0.39, 0.29) is 11.8 Å². The Morgan fingerprint density at radius 3 is 2.65 bits per heavy atom. The molecule has 0 spiro atoms. The van der Waals surface area contributed by atoms with Gasteiger partial charge in [0, 0.05) is 50.5 Å². The molecule has 0 aromatic heterocycles. The van der Waals surface area contributed by atoms with Gasteiger partial charge in [-0.15, -0.1) is 0 Å². The summed E-state index contributed by atoms with van der Waals surface area (Å²) in [6.45, 7) is 3.26. The van der Waals surface area contributed by atoms with E-state index in [2.05, 4.69) is 11.4 Å². The number of hydrogen-bond acceptors (Lipinski definition) is 3. The number of amides is 2. The molecule has 0 saturated heterocycles. The Hall–Kier alpha value is -2.82. The number of nitrogens with one attached hydrogen (secondary N) is 1. The maximum atomic E-state index is 12.6. The van der Waals surface area contributed by atoms with Crippen LogP contribution in [-0.2, 0) is 17.8 Å². The van der Waals surface area contributed by atoms with Crippen molar-refractivity contribution < 1.29 is 9.59 Å². The van der Waals surface area contributed by atoms with Gasteiger partial charge in [0.2, 0.25) is 5.91 Å². The summed E-state index contributed by atoms with van der Waals surface area (Å²) in [5, 5.41) is 2.97. The van der Waals surface area contributed by atoms with Gasteiger partial charge in [-0.3, -0.25) is 9.59 Å². The van der Waals surface area contributed by atoms with Crippen molar-refractivity contribution in [3.63, 3.8) is 0 Å². The first kappa shape index (κ1) is 18.0. The molecule has 1 N–H and O–H groups in total. The monoisotopic (exact) mass is 351 g/mol. The zero-order chi connectivity index (χ0) is 18.7. The Bertz CT molecular complexity index is 830. The molecule has 26 heavy (non-hydrogen) atoms. The third-order valence-corrected chi connectivity index (χ3v) is 4.76. The standard InChI is InChI=1S/C21H25N3O2/c1-4-20(25)24-11-10-15-8-9-18(12-17(15)14-24)22-21(26)16-6-5-7-19(13-16)23(2)3/h5-9,12-13H,4,10-11,14H2,1-3H3,(H,22,26). The lowest BCUT2D eigenvalue weighted by Gasteiger charge is -2.29. The van der Waals surface area contributed by atoms with E-state index in [4.69, 9.17) is 0 Å². The largest absolute Gasteiger partial charge is 0.378 e. The molecule has 5 heteroatoms. The molecule has 0 aliphatic carbocycles. The van der Waals surface area contributed by atoms with E-state index in [1.165, 1.54) is 5.56 Å². The van der Waals surface area contributed by atoms with Crippen molar-refractivity contribution in [1.82, 2.24) is 4.90 Å². The van der Waals surface area contributed by atoms with Crippen LogP contribution in [0.25, 0.3) is 0 Å². The van der Waals surface area contributed by atoms with Crippen LogP contribution in [0.1, 0.15) is 34.8 Å². The van der Waals surface area contributed by atoms with E-state index >= 15 is 0 Å². The van der Waals surface area contributed by atoms with Gasteiger partial charge in [-0.05, 0) is 47.9 Å². The molecule has 0 fully saturated rings. The first-order chi connectivity index (χ1) is 12.5. The van der Waals surface area contributed by atoms with Crippen molar-refractivity contribution in [2.24, 2.45) is 0 Å². The Morgan fingerprint density at radius 1 is 1.12 bits per heavy atom. The molecule has 3 rings (SSSR count). The summed E-state index contributed by atoms with van der Waals surface area (Å²) in [5.74, 6) is 0.0385. The number of anilines is 2. The summed E-state index contributed by atoms with van der Waals surface area (Å²) < 4.78 is 0. The minimum atomic E-state index is -0.133. The quantitative estimate of drug-likeness (QED) is 0.919. The lowest BCUT2D eigenvalue weighted by molar-refractivity contribution is -0.131. The van der Waals surface area contributed by atoms with Crippen molar-refractivity contribution in [3.05, 3.63) is 59.2 Å². The molecular weight excluding hydrogens is 326 g/mol. The molecule has 136 valence electrons. The van der Waals surface area contributed by atoms with Gasteiger partial charge < -0.3 is 15.1 Å². The summed E-state index contributed by atoms with van der Waals surface area (Å²) >= 11 is 0. The van der Waals surface area contributed by atoms with E-state index < -0.39 is 0 Å². The number of carbonyl (C=O) groups excluding carboxylic acids is 2. The van der Waals surface area contributed by atoms with Gasteiger partial charge in [0.1, 0.15) is 0 Å². The first-order valence-corrected chi connectivity index (χ1v) is 8.96. The normalized spacial score (nSPS) is 13.1. The van der Waals surface area contributed by atoms with Crippen molar-refractivity contribution in [1.29, 1.82) is 0 Å². The molecule has 0 bridgehead atoms. The van der Waals surface area contributed by atoms with Crippen LogP contribution in [0.4, 0.5) is 11.4 Å². The molecule has 0 unspecified atom stereocenters. The Balaban J connectivity index is 1.76. The van der Waals surface area contributed by atoms with Crippen LogP contribution in [-0.4, -0.2) is 37.4 Å². The van der Waals surface area contributed by atoms with Gasteiger partial charge in [-0.25, -0.2) is 0 Å². The molecule has 5 nitrogen and oxygen atoms in total. The summed E-state index contributed by atoms with van der Waals surface area (Å²) in [6.07, 6.45) is 1.38. The number of fused-ring (bicyclic) bond motifs is 1. The fraction of sp³-hybridized carbons (Fsp3) is 0.333. The van der Waals surface area contributed by atoms with E-state index in [1.807, 2.05) is 67.2 Å². The third-order valence-electron chi connectivity index (χ3n) is 4.76. The Labute approximate surface area is 154 Å². The topological polar surface area (TPSA) is 52.7 Å². The van der Waals surface area contributed by atoms with Crippen molar-refractivity contribution in [2.75, 3.05) is 30.9 Å². The maximum absolute atomic E-state index is 12.6. The van der Waals surface area contributed by atoms with Crippen LogP contribution in [0.3, 0.4) is 0 Å². The average molecular weight is 351 g/mol. The summed E-state index contributed by atoms with van der Waals surface area (Å²) in [6, 6.07) is 13.5. The van der Waals surface area contributed by atoms with Crippen molar-refractivity contribution in [2.45, 2.75) is 26.3 Å². The van der Waals surface area contributed by atoms with Crippen LogP contribution < -0.4 is 10.2 Å². The van der Waals surface area contributed by atoms with E-state index in [9.17, 15) is 9.59 Å². The van der Waals surface area contributed by atoms with Crippen molar-refractivity contribution >= 4 is 23.2 Å². The van der Waals surface area contributed by atoms with Gasteiger partial charge in [0.25, 0.3) is 5.91 Å². The Morgan fingerprint density at radius 2 is 1.92 bits per heavy atom. The number of rotatable bonds is 4. The number of nitrogens with zero attached hydrogens (tertiary/aromatic N) is 2. The number of benzene rings is 2. The molecule has 2 amide bonds. The molecule has 0 atom stereocenters. The number of hydrogen-bond donors (Lipinski definition) is 1. The Kier molecular flexibility index (Phi) is 5.26. The molecular formula is C21H25N3O2. The highest BCUT2D eigenvalue weighted by atomic mass is 16.2. The lowest BCUT2D eigenvalue weighted by Crippen LogP contribution is -2.35. The zero-order valence-electron chi connectivity index (χ0n) is 15.6. The minimum absolute atomic E-state index is 0.133. The molecule has 1 heterocycles. The minimum Gasteiger partial charge on any atom is -0.378 e. The molecule has 1 aliphatic rings. The maximum Gasteiger partial charge on any atom is 0.255 e. The van der Waals surface area contributed by atoms with Crippen molar-refractivity contribution in [3.8, 4) is 0 Å². The number of carbonyl (C=O) groups is 2. The van der Waals surface area contributed by atoms with Crippen LogP contribution >= 0.6 is 0 Å². The molecule has 0 radical (unpaired) electrons. The molecule has 2 aromatic rings. The van der Waals surface area contributed by atoms with Crippen LogP contribution in [0.2, 0.25) is 0 Å². The second-order valence-corrected chi connectivity index (χ2v) is 6.80. The highest BCUT2D eigenvalue weighted by molar-refractivity contribution is 6.04. The lowest BCUT2D eigenvalue weighted by atomic mass is 9.98. The molecule has 1 aliphatic heterocycles. The van der Waals surface area contributed by atoms with Gasteiger partial charge in [0.15, 0.2) is 0 Å². The first-order valence-electron chi connectivity index (χ1n) is 8.96. The van der Waals surface area contributed by atoms with Gasteiger partial charge in [0.05, 0.1) is 0 Å². The van der Waals surface area contributed by atoms with Gasteiger partial charge in [-0.1, -0.05) is 19.1 Å². The second-order valence-electron chi connectivity index (χ2n) is 6.80. The van der Waals surface area contributed by atoms with Gasteiger partial charge >= 0.3 is 0 Å². The molecule has 2 aromatic carbocycles. The van der Waals surface area contributed by atoms with Crippen LogP contribution in [0.15, 0.2) is 42.5 Å². The summed E-state index contributed by atoms with van der Waals surface area (Å²) in [4.78, 5) is 28.4. The highest BCUT2D eigenvalue weighted by Gasteiger charge is 2.20. The highest BCUT2D eigenvalue weighted by Crippen LogP contribution is 2.24. The fourth-order valence-corrected chi connectivity index (χ4v) is 3.20. The van der Waals surface area contributed by atoms with E-state index in [1.54, 1.807) is 0 Å². The predicted octanol–water partition coefficient (Wildman–Crippen LogP) is 3.30. The molecule has 0 saturated carbocycles. The van der Waals surface area contributed by atoms with Crippen LogP contribution in [0, 0.1) is 0 Å². The fourth-order valence-electron chi connectivity index (χ4n) is 3.20. The smallest absolute Gasteiger partial charge is 0.255 e. The van der Waals surface area contributed by atoms with Crippen LogP contribution in [0.5, 0.6) is 0 Å². The average Bonchev–Trinajstić information content (AvgIpc) is 2.66. The summed E-state index contributed by atoms with van der Waals surface area (Å²) in [5.41, 5.74) is 4.72. The third kappa shape index (κ3) is 3.87. The van der Waals surface area contributed by atoms with E-state index in [0.717, 1.165) is 29.9 Å². The predicted molar refractivity (Wildman–Crippen MR) is 105 cm³/mol. The van der Waals surface area contributed by atoms with E-state index in [0.29, 0.717) is 18.5 Å².